The maximum Gasteiger partial charge on any atom is 0.0623 e. The van der Waals surface area contributed by atoms with Crippen molar-refractivity contribution in [1.82, 2.24) is 0 Å². The van der Waals surface area contributed by atoms with Crippen LogP contribution in [0.3, 0.4) is 0 Å². The summed E-state index contributed by atoms with van der Waals surface area (Å²) >= 11 is 0. The lowest BCUT2D eigenvalue weighted by molar-refractivity contribution is -0.0648. The summed E-state index contributed by atoms with van der Waals surface area (Å²) < 4.78 is 0. The predicted octanol–water partition coefficient (Wildman–Crippen LogP) is 6.75. The minimum absolute atomic E-state index is 0.144. The van der Waals surface area contributed by atoms with Crippen molar-refractivity contribution in [2.24, 2.45) is 46.3 Å². The molecule has 4 aliphatic rings. The van der Waals surface area contributed by atoms with E-state index in [4.69, 9.17) is 0 Å². The SMILES string of the molecule is CC(C)[C@H](O)CC[C@@H](C)C1CC[C@H]2C3CCC4C[C@@](C)(O)CC[C@]4(C)C3=CCC12C. The van der Waals surface area contributed by atoms with Gasteiger partial charge in [0.05, 0.1) is 11.7 Å². The first-order valence-corrected chi connectivity index (χ1v) is 13.1. The van der Waals surface area contributed by atoms with Gasteiger partial charge in [0.2, 0.25) is 0 Å². The molecule has 3 saturated carbocycles. The number of aliphatic hydroxyl groups is 2. The third-order valence-corrected chi connectivity index (χ3v) is 10.8. The first-order chi connectivity index (χ1) is 14.0. The maximum absolute atomic E-state index is 10.7. The first kappa shape index (κ1) is 22.8. The number of rotatable bonds is 5. The van der Waals surface area contributed by atoms with Crippen molar-refractivity contribution in [2.75, 3.05) is 0 Å². The molecule has 172 valence electrons. The van der Waals surface area contributed by atoms with Crippen LogP contribution in [0.4, 0.5) is 0 Å². The fourth-order valence-corrected chi connectivity index (χ4v) is 8.64. The minimum atomic E-state index is -0.449. The van der Waals surface area contributed by atoms with E-state index in [2.05, 4.69) is 47.6 Å². The highest BCUT2D eigenvalue weighted by molar-refractivity contribution is 5.29. The van der Waals surface area contributed by atoms with Crippen LogP contribution in [-0.2, 0) is 0 Å². The smallest absolute Gasteiger partial charge is 0.0623 e. The van der Waals surface area contributed by atoms with Crippen LogP contribution in [0.25, 0.3) is 0 Å². The Labute approximate surface area is 185 Å². The van der Waals surface area contributed by atoms with Gasteiger partial charge in [0.1, 0.15) is 0 Å². The van der Waals surface area contributed by atoms with Crippen LogP contribution in [0.15, 0.2) is 11.6 Å². The Morgan fingerprint density at radius 1 is 1.00 bits per heavy atom. The average Bonchev–Trinajstić information content (AvgIpc) is 3.03. The lowest BCUT2D eigenvalue weighted by Crippen LogP contribution is -2.50. The van der Waals surface area contributed by atoms with E-state index in [0.717, 1.165) is 37.0 Å². The van der Waals surface area contributed by atoms with E-state index >= 15 is 0 Å². The molecule has 9 atom stereocenters. The van der Waals surface area contributed by atoms with E-state index < -0.39 is 5.60 Å². The average molecular weight is 417 g/mol. The van der Waals surface area contributed by atoms with E-state index in [9.17, 15) is 10.2 Å². The standard InChI is InChI=1S/C28H48O2/c1-18(2)25(29)12-7-19(3)22-10-11-23-21-9-8-20-17-26(4,30)15-16-27(20,5)24(21)13-14-28(22,23)6/h13,18-23,25,29-30H,7-12,14-17H2,1-6H3/t19-,20?,21?,22?,23+,25-,26+,27+,28?/m1/s1. The van der Waals surface area contributed by atoms with Crippen molar-refractivity contribution >= 4 is 0 Å². The topological polar surface area (TPSA) is 40.5 Å². The molecule has 2 N–H and O–H groups in total. The van der Waals surface area contributed by atoms with E-state index in [1.807, 2.05) is 0 Å². The van der Waals surface area contributed by atoms with Gasteiger partial charge in [0, 0.05) is 0 Å². The lowest BCUT2D eigenvalue weighted by Gasteiger charge is -2.58. The Hall–Kier alpha value is -0.340. The summed E-state index contributed by atoms with van der Waals surface area (Å²) in [5.41, 5.74) is 2.12. The molecule has 2 nitrogen and oxygen atoms in total. The predicted molar refractivity (Wildman–Crippen MR) is 125 cm³/mol. The second-order valence-corrected chi connectivity index (χ2v) is 13.0. The Balaban J connectivity index is 1.51. The fourth-order valence-electron chi connectivity index (χ4n) is 8.64. The molecule has 0 bridgehead atoms. The molecular weight excluding hydrogens is 368 g/mol. The highest BCUT2D eigenvalue weighted by atomic mass is 16.3. The molecule has 4 unspecified atom stereocenters. The van der Waals surface area contributed by atoms with Crippen molar-refractivity contribution in [2.45, 2.75) is 117 Å². The van der Waals surface area contributed by atoms with E-state index in [1.54, 1.807) is 5.57 Å². The summed E-state index contributed by atoms with van der Waals surface area (Å²) in [6.45, 7) is 13.9. The molecule has 0 aromatic rings. The number of allylic oxidation sites excluding steroid dienone is 2. The molecule has 0 heterocycles. The Morgan fingerprint density at radius 3 is 2.43 bits per heavy atom. The zero-order chi connectivity index (χ0) is 21.9. The van der Waals surface area contributed by atoms with Crippen LogP contribution in [0, 0.1) is 46.3 Å². The number of hydrogen-bond acceptors (Lipinski definition) is 2. The summed E-state index contributed by atoms with van der Waals surface area (Å²) in [5, 5.41) is 21.0. The first-order valence-electron chi connectivity index (χ1n) is 13.1. The fraction of sp³-hybridized carbons (Fsp3) is 0.929. The molecule has 4 aliphatic carbocycles. The molecule has 0 spiro atoms. The summed E-state index contributed by atoms with van der Waals surface area (Å²) in [6, 6.07) is 0. The number of aliphatic hydroxyl groups excluding tert-OH is 1. The van der Waals surface area contributed by atoms with Gasteiger partial charge in [0.25, 0.3) is 0 Å². The van der Waals surface area contributed by atoms with Crippen LogP contribution < -0.4 is 0 Å². The van der Waals surface area contributed by atoms with Crippen molar-refractivity contribution in [1.29, 1.82) is 0 Å². The zero-order valence-electron chi connectivity index (χ0n) is 20.6. The largest absolute Gasteiger partial charge is 0.393 e. The van der Waals surface area contributed by atoms with Gasteiger partial charge in [-0.2, -0.15) is 0 Å². The third-order valence-electron chi connectivity index (χ3n) is 10.8. The molecule has 4 rings (SSSR count). The van der Waals surface area contributed by atoms with Crippen LogP contribution in [0.1, 0.15) is 106 Å². The van der Waals surface area contributed by atoms with Gasteiger partial charge in [-0.25, -0.2) is 0 Å². The summed E-state index contributed by atoms with van der Waals surface area (Å²) in [4.78, 5) is 0. The van der Waals surface area contributed by atoms with Gasteiger partial charge < -0.3 is 10.2 Å². The van der Waals surface area contributed by atoms with E-state index in [1.165, 1.54) is 44.9 Å². The highest BCUT2D eigenvalue weighted by Gasteiger charge is 2.58. The number of hydrogen-bond donors (Lipinski definition) is 2. The van der Waals surface area contributed by atoms with E-state index in [-0.39, 0.29) is 6.10 Å². The van der Waals surface area contributed by atoms with Crippen LogP contribution in [0.5, 0.6) is 0 Å². The van der Waals surface area contributed by atoms with Crippen LogP contribution in [-0.4, -0.2) is 21.9 Å². The maximum atomic E-state index is 10.7. The molecule has 0 aromatic heterocycles. The summed E-state index contributed by atoms with van der Waals surface area (Å²) in [7, 11) is 0. The van der Waals surface area contributed by atoms with Crippen LogP contribution in [0.2, 0.25) is 0 Å². The normalized spacial score (nSPS) is 47.8. The van der Waals surface area contributed by atoms with Crippen molar-refractivity contribution < 1.29 is 10.2 Å². The molecule has 0 radical (unpaired) electrons. The van der Waals surface area contributed by atoms with Gasteiger partial charge in [-0.15, -0.1) is 0 Å². The molecule has 0 aromatic carbocycles. The van der Waals surface area contributed by atoms with Gasteiger partial charge >= 0.3 is 0 Å². The molecular formula is C28H48O2. The van der Waals surface area contributed by atoms with Crippen LogP contribution >= 0.6 is 0 Å². The van der Waals surface area contributed by atoms with Gasteiger partial charge in [-0.05, 0) is 117 Å². The van der Waals surface area contributed by atoms with E-state index in [0.29, 0.717) is 28.6 Å². The Bertz CT molecular complexity index is 664. The molecule has 0 aliphatic heterocycles. The van der Waals surface area contributed by atoms with Crippen molar-refractivity contribution in [3.05, 3.63) is 11.6 Å². The zero-order valence-corrected chi connectivity index (χ0v) is 20.6. The van der Waals surface area contributed by atoms with Gasteiger partial charge in [-0.1, -0.05) is 46.3 Å². The second-order valence-electron chi connectivity index (χ2n) is 13.0. The number of fused-ring (bicyclic) bond motifs is 5. The molecule has 3 fully saturated rings. The van der Waals surface area contributed by atoms with Gasteiger partial charge in [0.15, 0.2) is 0 Å². The highest BCUT2D eigenvalue weighted by Crippen LogP contribution is 2.67. The third kappa shape index (κ3) is 3.72. The molecule has 0 saturated heterocycles. The molecule has 30 heavy (non-hydrogen) atoms. The monoisotopic (exact) mass is 416 g/mol. The molecule has 2 heteroatoms. The Morgan fingerprint density at radius 2 is 1.73 bits per heavy atom. The lowest BCUT2D eigenvalue weighted by atomic mass is 9.47. The molecule has 0 amide bonds. The second kappa shape index (κ2) is 7.91. The van der Waals surface area contributed by atoms with Gasteiger partial charge in [-0.3, -0.25) is 0 Å². The summed E-state index contributed by atoms with van der Waals surface area (Å²) in [5.74, 6) is 4.18. The van der Waals surface area contributed by atoms with Crippen molar-refractivity contribution in [3.8, 4) is 0 Å². The van der Waals surface area contributed by atoms with Crippen molar-refractivity contribution in [3.63, 3.8) is 0 Å². The minimum Gasteiger partial charge on any atom is -0.393 e. The summed E-state index contributed by atoms with van der Waals surface area (Å²) in [6.07, 6.45) is 14.5. The Kier molecular flexibility index (Phi) is 6.02. The quantitative estimate of drug-likeness (QED) is 0.487.